The van der Waals surface area contributed by atoms with Gasteiger partial charge in [0.2, 0.25) is 11.9 Å². The predicted octanol–water partition coefficient (Wildman–Crippen LogP) is 5.48. The maximum atomic E-state index is 14.0. The van der Waals surface area contributed by atoms with Crippen LogP contribution in [0.5, 0.6) is 5.75 Å². The summed E-state index contributed by atoms with van der Waals surface area (Å²) in [6.07, 6.45) is -1.91. The lowest BCUT2D eigenvalue weighted by Gasteiger charge is -2.31. The molecule has 0 saturated carbocycles. The minimum absolute atomic E-state index is 0.0276. The number of fused-ring (bicyclic) bond motifs is 1. The van der Waals surface area contributed by atoms with Crippen LogP contribution in [-0.2, 0) is 29.2 Å². The first-order chi connectivity index (χ1) is 20.9. The van der Waals surface area contributed by atoms with Gasteiger partial charge in [0.05, 0.1) is 29.5 Å². The van der Waals surface area contributed by atoms with Gasteiger partial charge in [-0.3, -0.25) is 9.59 Å². The summed E-state index contributed by atoms with van der Waals surface area (Å²) in [5.74, 6) is -0.0889. The maximum absolute atomic E-state index is 14.0. The molecule has 0 bridgehead atoms. The number of nitrogens with one attached hydrogen (secondary N) is 3. The van der Waals surface area contributed by atoms with E-state index in [1.54, 1.807) is 44.2 Å². The largest absolute Gasteiger partial charge is 0.495 e. The highest BCUT2D eigenvalue weighted by atomic mass is 19.4. The normalized spacial score (nSPS) is 16.8. The summed E-state index contributed by atoms with van der Waals surface area (Å²) in [4.78, 5) is 36.0. The topological polar surface area (TPSA) is 108 Å². The Kier molecular flexibility index (Phi) is 8.83. The SMILES string of the molecule is CCN1CCC(NC(=O)c2ccc(Nc3ncc(C(F)(F)F)c(CCc4cccc5c4C(C)(C)C(=O)N5)n3)c(OC)c2)CC1. The fraction of sp³-hybridized carbons (Fsp3) is 0.438. The first-order valence-electron chi connectivity index (χ1n) is 14.8. The first-order valence-corrected chi connectivity index (χ1v) is 14.8. The monoisotopic (exact) mass is 610 g/mol. The lowest BCUT2D eigenvalue weighted by Crippen LogP contribution is -2.44. The number of carbonyl (C=O) groups excluding carboxylic acids is 2. The van der Waals surface area contributed by atoms with Gasteiger partial charge in [0.25, 0.3) is 5.91 Å². The van der Waals surface area contributed by atoms with Crippen LogP contribution in [0.4, 0.5) is 30.5 Å². The molecular formula is C32H37F3N6O3. The molecule has 0 unspecified atom stereocenters. The highest BCUT2D eigenvalue weighted by Crippen LogP contribution is 2.40. The van der Waals surface area contributed by atoms with Crippen LogP contribution in [0.1, 0.15) is 66.4 Å². The molecule has 12 heteroatoms. The Morgan fingerprint density at radius 2 is 1.91 bits per heavy atom. The van der Waals surface area contributed by atoms with Crippen LogP contribution < -0.4 is 20.7 Å². The van der Waals surface area contributed by atoms with E-state index in [9.17, 15) is 22.8 Å². The summed E-state index contributed by atoms with van der Waals surface area (Å²) in [5.41, 5.74) is 1.14. The minimum atomic E-state index is -4.65. The number of anilines is 3. The smallest absolute Gasteiger partial charge is 0.419 e. The summed E-state index contributed by atoms with van der Waals surface area (Å²) in [7, 11) is 1.45. The number of amides is 2. The predicted molar refractivity (Wildman–Crippen MR) is 161 cm³/mol. The third kappa shape index (κ3) is 6.50. The lowest BCUT2D eigenvalue weighted by molar-refractivity contribution is -0.138. The van der Waals surface area contributed by atoms with Crippen molar-refractivity contribution in [2.75, 3.05) is 37.4 Å². The number of methoxy groups -OCH3 is 1. The molecule has 234 valence electrons. The van der Waals surface area contributed by atoms with E-state index in [1.807, 2.05) is 6.07 Å². The van der Waals surface area contributed by atoms with Gasteiger partial charge in [-0.1, -0.05) is 19.1 Å². The molecule has 1 saturated heterocycles. The highest BCUT2D eigenvalue weighted by Gasteiger charge is 2.40. The van der Waals surface area contributed by atoms with Crippen LogP contribution in [0, 0.1) is 0 Å². The van der Waals surface area contributed by atoms with Gasteiger partial charge < -0.3 is 25.6 Å². The number of aryl methyl sites for hydroxylation is 2. The van der Waals surface area contributed by atoms with Gasteiger partial charge in [-0.05, 0) is 81.5 Å². The zero-order valence-corrected chi connectivity index (χ0v) is 25.3. The average Bonchev–Trinajstić information content (AvgIpc) is 3.23. The first kappa shape index (κ1) is 31.2. The van der Waals surface area contributed by atoms with Crippen molar-refractivity contribution in [2.45, 2.75) is 64.1 Å². The van der Waals surface area contributed by atoms with Crippen molar-refractivity contribution in [1.82, 2.24) is 20.2 Å². The Morgan fingerprint density at radius 1 is 1.16 bits per heavy atom. The van der Waals surface area contributed by atoms with Gasteiger partial charge >= 0.3 is 6.18 Å². The van der Waals surface area contributed by atoms with Crippen molar-refractivity contribution in [1.29, 1.82) is 0 Å². The van der Waals surface area contributed by atoms with Crippen molar-refractivity contribution >= 4 is 29.1 Å². The molecule has 3 heterocycles. The van der Waals surface area contributed by atoms with Gasteiger partial charge in [-0.2, -0.15) is 13.2 Å². The van der Waals surface area contributed by atoms with Crippen LogP contribution in [0.15, 0.2) is 42.6 Å². The molecular weight excluding hydrogens is 573 g/mol. The summed E-state index contributed by atoms with van der Waals surface area (Å²) < 4.78 is 47.4. The van der Waals surface area contributed by atoms with Crippen LogP contribution in [0.2, 0.25) is 0 Å². The molecule has 3 aromatic rings. The van der Waals surface area contributed by atoms with Crippen LogP contribution in [0.25, 0.3) is 0 Å². The van der Waals surface area contributed by atoms with E-state index < -0.39 is 17.2 Å². The quantitative estimate of drug-likeness (QED) is 0.295. The number of rotatable bonds is 9. The van der Waals surface area contributed by atoms with Crippen LogP contribution in [-0.4, -0.2) is 59.5 Å². The summed E-state index contributed by atoms with van der Waals surface area (Å²) in [6.45, 7) is 8.57. The molecule has 0 aliphatic carbocycles. The number of hydrogen-bond donors (Lipinski definition) is 3. The van der Waals surface area contributed by atoms with E-state index in [0.717, 1.165) is 49.8 Å². The number of ether oxygens (including phenoxy) is 1. The van der Waals surface area contributed by atoms with E-state index in [-0.39, 0.29) is 42.3 Å². The molecule has 2 amide bonds. The number of piperidine rings is 1. The van der Waals surface area contributed by atoms with E-state index in [4.69, 9.17) is 4.74 Å². The summed E-state index contributed by atoms with van der Waals surface area (Å²) >= 11 is 0. The molecule has 9 nitrogen and oxygen atoms in total. The lowest BCUT2D eigenvalue weighted by atomic mass is 9.82. The standard InChI is InChI=1S/C32H37F3N6O3/c1-5-41-15-13-21(14-16-41)37-28(42)20-10-12-24(26(17-20)44-4)40-30-36-18-22(32(33,34)35)23(39-30)11-9-19-7-6-8-25-27(19)31(2,3)29(43)38-25/h6-8,10,12,17-18,21H,5,9,11,13-16H2,1-4H3,(H,37,42)(H,38,43)(H,36,39,40). The molecule has 3 N–H and O–H groups in total. The van der Waals surface area contributed by atoms with E-state index in [1.165, 1.54) is 7.11 Å². The zero-order valence-electron chi connectivity index (χ0n) is 25.3. The molecule has 44 heavy (non-hydrogen) atoms. The summed E-state index contributed by atoms with van der Waals surface area (Å²) in [6, 6.07) is 10.3. The number of benzene rings is 2. The number of hydrogen-bond acceptors (Lipinski definition) is 7. The zero-order chi connectivity index (χ0) is 31.6. The Morgan fingerprint density at radius 3 is 2.59 bits per heavy atom. The Bertz CT molecular complexity index is 1550. The number of aromatic nitrogens is 2. The molecule has 2 aliphatic rings. The second kappa shape index (κ2) is 12.4. The van der Waals surface area contributed by atoms with Crippen molar-refractivity contribution in [3.63, 3.8) is 0 Å². The second-order valence-corrected chi connectivity index (χ2v) is 11.7. The van der Waals surface area contributed by atoms with Gasteiger partial charge in [-0.15, -0.1) is 0 Å². The summed E-state index contributed by atoms with van der Waals surface area (Å²) in [5, 5.41) is 8.89. The molecule has 2 aliphatic heterocycles. The molecule has 0 atom stereocenters. The molecule has 1 fully saturated rings. The number of nitrogens with zero attached hydrogens (tertiary/aromatic N) is 3. The minimum Gasteiger partial charge on any atom is -0.495 e. The van der Waals surface area contributed by atoms with Gasteiger partial charge in [0.1, 0.15) is 5.75 Å². The molecule has 1 aromatic heterocycles. The van der Waals surface area contributed by atoms with Gasteiger partial charge in [-0.25, -0.2) is 9.97 Å². The molecule has 2 aromatic carbocycles. The van der Waals surface area contributed by atoms with Crippen LogP contribution >= 0.6 is 0 Å². The van der Waals surface area contributed by atoms with E-state index in [2.05, 4.69) is 37.7 Å². The Hall–Kier alpha value is -4.19. The number of halogens is 3. The average molecular weight is 611 g/mol. The number of alkyl halides is 3. The number of carbonyl (C=O) groups is 2. The molecule has 0 radical (unpaired) electrons. The highest BCUT2D eigenvalue weighted by molar-refractivity contribution is 6.06. The Labute approximate surface area is 254 Å². The maximum Gasteiger partial charge on any atom is 0.419 e. The van der Waals surface area contributed by atoms with E-state index in [0.29, 0.717) is 22.7 Å². The van der Waals surface area contributed by atoms with Crippen molar-refractivity contribution in [3.8, 4) is 5.75 Å². The van der Waals surface area contributed by atoms with Gasteiger partial charge in [0, 0.05) is 36.6 Å². The third-order valence-corrected chi connectivity index (χ3v) is 8.48. The molecule has 5 rings (SSSR count). The van der Waals surface area contributed by atoms with Crippen molar-refractivity contribution in [2.24, 2.45) is 0 Å². The fourth-order valence-electron chi connectivity index (χ4n) is 5.92. The van der Waals surface area contributed by atoms with E-state index >= 15 is 0 Å². The second-order valence-electron chi connectivity index (χ2n) is 11.7. The van der Waals surface area contributed by atoms with Crippen molar-refractivity contribution < 1.29 is 27.5 Å². The number of likely N-dealkylation sites (tertiary alicyclic amines) is 1. The molecule has 0 spiro atoms. The van der Waals surface area contributed by atoms with Crippen LogP contribution in [0.3, 0.4) is 0 Å². The Balaban J connectivity index is 1.34. The fourth-order valence-corrected chi connectivity index (χ4v) is 5.92. The van der Waals surface area contributed by atoms with Crippen molar-refractivity contribution in [3.05, 3.63) is 70.5 Å². The van der Waals surface area contributed by atoms with Gasteiger partial charge in [0.15, 0.2) is 0 Å². The third-order valence-electron chi connectivity index (χ3n) is 8.48.